The lowest BCUT2D eigenvalue weighted by Gasteiger charge is -2.35. The standard InChI is InChI=1S/C28H36FN7O4/c1-28(26(37)30-12-13-36(2)3)16-39-25(40-17-28)24-34-22(18-6-8-19(29)9-7-18)23(35-24)21-10-11-31-27(33-21)32-15-20-5-4-14-38-20/h6-11,20,25H,4-5,12-17H2,1-3H3,(H,30,37)(H,34,35)(H,31,32,33). The van der Waals surface area contributed by atoms with E-state index in [4.69, 9.17) is 24.2 Å². The van der Waals surface area contributed by atoms with E-state index in [0.29, 0.717) is 47.5 Å². The van der Waals surface area contributed by atoms with Crippen LogP contribution in [0.1, 0.15) is 31.9 Å². The number of imidazole rings is 1. The van der Waals surface area contributed by atoms with Crippen molar-refractivity contribution in [1.82, 2.24) is 30.2 Å². The molecule has 5 rings (SSSR count). The summed E-state index contributed by atoms with van der Waals surface area (Å²) in [5.74, 6) is 0.432. The van der Waals surface area contributed by atoms with Gasteiger partial charge in [0.15, 0.2) is 5.82 Å². The summed E-state index contributed by atoms with van der Waals surface area (Å²) in [5, 5.41) is 6.20. The summed E-state index contributed by atoms with van der Waals surface area (Å²) in [6.45, 7) is 4.82. The molecule has 4 heterocycles. The van der Waals surface area contributed by atoms with E-state index in [0.717, 1.165) is 26.0 Å². The lowest BCUT2D eigenvalue weighted by Crippen LogP contribution is -2.49. The zero-order valence-corrected chi connectivity index (χ0v) is 23.1. The highest BCUT2D eigenvalue weighted by molar-refractivity contribution is 5.82. The quantitative estimate of drug-likeness (QED) is 0.347. The number of aromatic nitrogens is 4. The number of H-pyrrole nitrogens is 1. The van der Waals surface area contributed by atoms with Gasteiger partial charge in [0.1, 0.15) is 5.82 Å². The smallest absolute Gasteiger partial charge is 0.230 e. The molecule has 0 saturated carbocycles. The van der Waals surface area contributed by atoms with Crippen molar-refractivity contribution in [3.05, 3.63) is 48.2 Å². The Morgan fingerprint density at radius 2 is 1.93 bits per heavy atom. The summed E-state index contributed by atoms with van der Waals surface area (Å²) in [5.41, 5.74) is 1.66. The lowest BCUT2D eigenvalue weighted by atomic mass is 9.91. The van der Waals surface area contributed by atoms with Crippen LogP contribution in [0.4, 0.5) is 10.3 Å². The molecule has 1 aromatic carbocycles. The van der Waals surface area contributed by atoms with Crippen molar-refractivity contribution in [2.75, 3.05) is 58.9 Å². The van der Waals surface area contributed by atoms with Gasteiger partial charge >= 0.3 is 0 Å². The minimum Gasteiger partial charge on any atom is -0.376 e. The van der Waals surface area contributed by atoms with Crippen molar-refractivity contribution in [2.24, 2.45) is 5.41 Å². The van der Waals surface area contributed by atoms with Crippen molar-refractivity contribution in [3.63, 3.8) is 0 Å². The van der Waals surface area contributed by atoms with Gasteiger partial charge in [-0.1, -0.05) is 0 Å². The predicted octanol–water partition coefficient (Wildman–Crippen LogP) is 2.99. The molecule has 2 fully saturated rings. The first-order valence-electron chi connectivity index (χ1n) is 13.5. The maximum atomic E-state index is 13.7. The van der Waals surface area contributed by atoms with Gasteiger partial charge in [-0.3, -0.25) is 4.79 Å². The molecule has 2 aliphatic rings. The number of carbonyl (C=O) groups excluding carboxylic acids is 1. The number of nitrogens with zero attached hydrogens (tertiary/aromatic N) is 4. The average Bonchev–Trinajstić information content (AvgIpc) is 3.63. The molecule has 40 heavy (non-hydrogen) atoms. The van der Waals surface area contributed by atoms with Gasteiger partial charge in [0.25, 0.3) is 0 Å². The first-order valence-corrected chi connectivity index (χ1v) is 13.5. The second-order valence-electron chi connectivity index (χ2n) is 10.7. The van der Waals surface area contributed by atoms with Gasteiger partial charge in [-0.25, -0.2) is 19.3 Å². The second kappa shape index (κ2) is 12.4. The van der Waals surface area contributed by atoms with Crippen LogP contribution in [0.3, 0.4) is 0 Å². The fourth-order valence-electron chi connectivity index (χ4n) is 4.60. The Morgan fingerprint density at radius 1 is 1.15 bits per heavy atom. The normalized spacial score (nSPS) is 22.9. The number of carbonyl (C=O) groups is 1. The highest BCUT2D eigenvalue weighted by Gasteiger charge is 2.40. The first-order chi connectivity index (χ1) is 19.3. The number of hydrogen-bond donors (Lipinski definition) is 3. The minimum atomic E-state index is -0.825. The van der Waals surface area contributed by atoms with Crippen LogP contribution >= 0.6 is 0 Å². The molecular formula is C28H36FN7O4. The average molecular weight is 554 g/mol. The Morgan fingerprint density at radius 3 is 2.62 bits per heavy atom. The number of amides is 1. The molecule has 2 aliphatic heterocycles. The van der Waals surface area contributed by atoms with Crippen molar-refractivity contribution in [3.8, 4) is 22.6 Å². The van der Waals surface area contributed by atoms with E-state index in [1.54, 1.807) is 24.4 Å². The number of rotatable bonds is 10. The van der Waals surface area contributed by atoms with E-state index < -0.39 is 11.7 Å². The van der Waals surface area contributed by atoms with E-state index in [-0.39, 0.29) is 31.0 Å². The molecule has 12 heteroatoms. The van der Waals surface area contributed by atoms with E-state index in [2.05, 4.69) is 20.6 Å². The molecule has 2 aromatic heterocycles. The number of aromatic amines is 1. The number of hydrogen-bond acceptors (Lipinski definition) is 9. The van der Waals surface area contributed by atoms with E-state index in [1.807, 2.05) is 25.9 Å². The predicted molar refractivity (Wildman–Crippen MR) is 147 cm³/mol. The Bertz CT molecular complexity index is 1290. The summed E-state index contributed by atoms with van der Waals surface area (Å²) in [6, 6.07) is 7.87. The van der Waals surface area contributed by atoms with Crippen LogP contribution in [0, 0.1) is 11.2 Å². The molecule has 0 aliphatic carbocycles. The van der Waals surface area contributed by atoms with E-state index in [1.165, 1.54) is 12.1 Å². The summed E-state index contributed by atoms with van der Waals surface area (Å²) in [4.78, 5) is 31.9. The molecule has 1 atom stereocenters. The van der Waals surface area contributed by atoms with E-state index in [9.17, 15) is 9.18 Å². The highest BCUT2D eigenvalue weighted by Crippen LogP contribution is 2.35. The molecule has 1 unspecified atom stereocenters. The summed E-state index contributed by atoms with van der Waals surface area (Å²) < 4.78 is 31.4. The van der Waals surface area contributed by atoms with Gasteiger partial charge in [-0.2, -0.15) is 0 Å². The van der Waals surface area contributed by atoms with Crippen molar-refractivity contribution in [1.29, 1.82) is 0 Å². The fourth-order valence-corrected chi connectivity index (χ4v) is 4.60. The van der Waals surface area contributed by atoms with Crippen molar-refractivity contribution < 1.29 is 23.4 Å². The maximum Gasteiger partial charge on any atom is 0.230 e. The Hall–Kier alpha value is -3.45. The SMILES string of the molecule is CN(C)CCNC(=O)C1(C)COC(c2nc(-c3ccc(F)cc3)c(-c3ccnc(NCC4CCCO4)n3)[nH]2)OC1. The highest BCUT2D eigenvalue weighted by atomic mass is 19.1. The maximum absolute atomic E-state index is 13.7. The molecule has 0 radical (unpaired) electrons. The van der Waals surface area contributed by atoms with Crippen molar-refractivity contribution in [2.45, 2.75) is 32.2 Å². The lowest BCUT2D eigenvalue weighted by molar-refractivity contribution is -0.231. The Labute approximate surface area is 232 Å². The minimum absolute atomic E-state index is 0.121. The van der Waals surface area contributed by atoms with Gasteiger partial charge in [0.2, 0.25) is 18.1 Å². The molecule has 3 aromatic rings. The molecule has 214 valence electrons. The summed E-state index contributed by atoms with van der Waals surface area (Å²) >= 11 is 0. The largest absolute Gasteiger partial charge is 0.376 e. The molecule has 3 N–H and O–H groups in total. The zero-order chi connectivity index (χ0) is 28.1. The van der Waals surface area contributed by atoms with Crippen LogP contribution in [-0.2, 0) is 19.0 Å². The molecule has 11 nitrogen and oxygen atoms in total. The first kappa shape index (κ1) is 28.1. The third-order valence-electron chi connectivity index (χ3n) is 6.99. The van der Waals surface area contributed by atoms with Crippen LogP contribution in [0.15, 0.2) is 36.5 Å². The topological polar surface area (TPSA) is 127 Å². The molecule has 0 spiro atoms. The number of likely N-dealkylation sites (N-methyl/N-ethyl adjacent to an activating group) is 1. The van der Waals surface area contributed by atoms with Gasteiger partial charge in [0.05, 0.1) is 41.8 Å². The molecule has 0 bridgehead atoms. The number of benzene rings is 1. The Kier molecular flexibility index (Phi) is 8.69. The number of halogens is 1. The number of ether oxygens (including phenoxy) is 3. The molecule has 1 amide bonds. The van der Waals surface area contributed by atoms with Gasteiger partial charge in [-0.05, 0) is 64.2 Å². The zero-order valence-electron chi connectivity index (χ0n) is 23.1. The van der Waals surface area contributed by atoms with Crippen molar-refractivity contribution >= 4 is 11.9 Å². The summed E-state index contributed by atoms with van der Waals surface area (Å²) in [6.07, 6.45) is 3.06. The number of anilines is 1. The van der Waals surface area contributed by atoms with Crippen LogP contribution in [-0.4, -0.2) is 90.4 Å². The Balaban J connectivity index is 1.35. The summed E-state index contributed by atoms with van der Waals surface area (Å²) in [7, 11) is 3.90. The molecular weight excluding hydrogens is 517 g/mol. The van der Waals surface area contributed by atoms with Gasteiger partial charge < -0.3 is 34.7 Å². The molecule has 2 saturated heterocycles. The number of nitrogens with one attached hydrogen (secondary N) is 3. The van der Waals surface area contributed by atoms with Gasteiger partial charge in [0, 0.05) is 38.0 Å². The third kappa shape index (κ3) is 6.64. The van der Waals surface area contributed by atoms with Crippen LogP contribution in [0.5, 0.6) is 0 Å². The van der Waals surface area contributed by atoms with Crippen LogP contribution < -0.4 is 10.6 Å². The van der Waals surface area contributed by atoms with Gasteiger partial charge in [-0.15, -0.1) is 0 Å². The van der Waals surface area contributed by atoms with Crippen LogP contribution in [0.25, 0.3) is 22.6 Å². The van der Waals surface area contributed by atoms with Crippen LogP contribution in [0.2, 0.25) is 0 Å². The van der Waals surface area contributed by atoms with E-state index >= 15 is 0 Å². The fraction of sp³-hybridized carbons (Fsp3) is 0.500. The monoisotopic (exact) mass is 553 g/mol. The second-order valence-corrected chi connectivity index (χ2v) is 10.7. The third-order valence-corrected chi connectivity index (χ3v) is 6.99.